The molecule has 8 heavy (non-hydrogen) atoms. The summed E-state index contributed by atoms with van der Waals surface area (Å²) in [5.41, 5.74) is -0.384. The topological polar surface area (TPSA) is 29.1 Å². The van der Waals surface area contributed by atoms with E-state index in [2.05, 4.69) is 14.5 Å². The lowest BCUT2D eigenvalue weighted by Gasteiger charge is -2.18. The van der Waals surface area contributed by atoms with Gasteiger partial charge in [-0.1, -0.05) is 9.39 Å². The fourth-order valence-electron chi connectivity index (χ4n) is 0.102. The number of carbonyl (C=O) groups excluding carboxylic acids is 1. The molecule has 48 valence electrons. The molecule has 0 radical (unpaired) electrons. The summed E-state index contributed by atoms with van der Waals surface area (Å²) in [6, 6.07) is 0. The lowest BCUT2D eigenvalue weighted by molar-refractivity contribution is -0.121. The summed E-state index contributed by atoms with van der Waals surface area (Å²) in [5.74, 6) is 0.146. The fraction of sp³-hybridized carbons (Fsp3) is 0.800. The molecule has 0 bridgehead atoms. The average molecular weight is 133 g/mol. The van der Waals surface area contributed by atoms with Gasteiger partial charge in [0.05, 0.1) is 5.54 Å². The molecule has 0 saturated carbocycles. The largest absolute Gasteiger partial charge is 0.298 e. The molecule has 0 aliphatic heterocycles. The van der Waals surface area contributed by atoms with Gasteiger partial charge >= 0.3 is 0 Å². The van der Waals surface area contributed by atoms with Crippen molar-refractivity contribution in [1.82, 2.24) is 5.09 Å². The molecule has 2 nitrogen and oxygen atoms in total. The summed E-state index contributed by atoms with van der Waals surface area (Å²) in [4.78, 5) is 10.6. The van der Waals surface area contributed by atoms with Gasteiger partial charge in [0.25, 0.3) is 0 Å². The molecule has 0 aromatic heterocycles. The zero-order chi connectivity index (χ0) is 6.78. The Morgan fingerprint density at radius 2 is 2.00 bits per heavy atom. The number of hydrogen-bond acceptors (Lipinski definition) is 2. The zero-order valence-corrected chi connectivity index (χ0v) is 6.64. The summed E-state index contributed by atoms with van der Waals surface area (Å²) >= 11 is 0. The molecule has 1 atom stereocenters. The summed E-state index contributed by atoms with van der Waals surface area (Å²) in [6.07, 6.45) is 0. The van der Waals surface area contributed by atoms with Crippen LogP contribution in [-0.2, 0) is 4.79 Å². The second kappa shape index (κ2) is 2.56. The fourth-order valence-corrected chi connectivity index (χ4v) is 0.305. The van der Waals surface area contributed by atoms with Crippen molar-refractivity contribution < 1.29 is 4.79 Å². The Hall–Kier alpha value is 0.0600. The van der Waals surface area contributed by atoms with Gasteiger partial charge < -0.3 is 0 Å². The standard InChI is InChI=1S/C5H12NOP/c1-4(7)5(2,3)6-8/h6H,8H2,1-3H3. The molecule has 0 rings (SSSR count). The van der Waals surface area contributed by atoms with E-state index in [0.717, 1.165) is 0 Å². The van der Waals surface area contributed by atoms with E-state index in [0.29, 0.717) is 0 Å². The maximum atomic E-state index is 10.6. The third-order valence-corrected chi connectivity index (χ3v) is 1.96. The van der Waals surface area contributed by atoms with Gasteiger partial charge in [-0.2, -0.15) is 0 Å². The van der Waals surface area contributed by atoms with Crippen molar-refractivity contribution in [1.29, 1.82) is 0 Å². The van der Waals surface area contributed by atoms with E-state index in [-0.39, 0.29) is 11.3 Å². The van der Waals surface area contributed by atoms with Crippen molar-refractivity contribution >= 4 is 15.2 Å². The van der Waals surface area contributed by atoms with E-state index in [1.54, 1.807) is 6.92 Å². The van der Waals surface area contributed by atoms with Crippen molar-refractivity contribution in [3.05, 3.63) is 0 Å². The molecular formula is C5H12NOP. The number of nitrogens with one attached hydrogen (secondary N) is 1. The number of hydrogen-bond donors (Lipinski definition) is 1. The summed E-state index contributed by atoms with van der Waals surface area (Å²) in [5, 5.41) is 2.81. The van der Waals surface area contributed by atoms with E-state index in [9.17, 15) is 4.79 Å². The van der Waals surface area contributed by atoms with Gasteiger partial charge in [-0.15, -0.1) is 0 Å². The molecule has 0 aliphatic rings. The lowest BCUT2D eigenvalue weighted by Crippen LogP contribution is -2.39. The first kappa shape index (κ1) is 8.06. The number of rotatable bonds is 2. The highest BCUT2D eigenvalue weighted by molar-refractivity contribution is 7.13. The molecule has 0 amide bonds. The molecule has 0 heterocycles. The van der Waals surface area contributed by atoms with E-state index >= 15 is 0 Å². The molecule has 0 aromatic rings. The molecule has 0 spiro atoms. The van der Waals surface area contributed by atoms with Crippen molar-refractivity contribution in [3.63, 3.8) is 0 Å². The Labute approximate surface area is 52.3 Å². The molecule has 0 aromatic carbocycles. The maximum absolute atomic E-state index is 10.6. The Morgan fingerprint density at radius 1 is 1.62 bits per heavy atom. The minimum atomic E-state index is -0.384. The van der Waals surface area contributed by atoms with Gasteiger partial charge in [-0.25, -0.2) is 0 Å². The summed E-state index contributed by atoms with van der Waals surface area (Å²) < 4.78 is 0. The second-order valence-electron chi connectivity index (χ2n) is 2.33. The highest BCUT2D eigenvalue weighted by Crippen LogP contribution is 2.03. The Bertz CT molecular complexity index is 101. The Kier molecular flexibility index (Phi) is 2.58. The van der Waals surface area contributed by atoms with Crippen molar-refractivity contribution in [2.45, 2.75) is 26.3 Å². The molecular weight excluding hydrogens is 121 g/mol. The zero-order valence-electron chi connectivity index (χ0n) is 5.49. The first-order valence-corrected chi connectivity index (χ1v) is 3.07. The van der Waals surface area contributed by atoms with Crippen LogP contribution in [0.15, 0.2) is 0 Å². The molecule has 1 N–H and O–H groups in total. The average Bonchev–Trinajstić information content (AvgIpc) is 1.67. The number of carbonyl (C=O) groups is 1. The first-order chi connectivity index (χ1) is 3.50. The van der Waals surface area contributed by atoms with E-state index in [1.165, 1.54) is 0 Å². The molecule has 0 saturated heterocycles. The van der Waals surface area contributed by atoms with E-state index < -0.39 is 0 Å². The Balaban J connectivity index is 3.91. The highest BCUT2D eigenvalue weighted by atomic mass is 31.0. The SMILES string of the molecule is CC(=O)C(C)(C)NP. The van der Waals surface area contributed by atoms with Crippen LogP contribution in [0.25, 0.3) is 0 Å². The third kappa shape index (κ3) is 1.89. The second-order valence-corrected chi connectivity index (χ2v) is 2.61. The van der Waals surface area contributed by atoms with Crippen LogP contribution in [0.4, 0.5) is 0 Å². The van der Waals surface area contributed by atoms with Gasteiger partial charge in [0, 0.05) is 0 Å². The van der Waals surface area contributed by atoms with Crippen LogP contribution < -0.4 is 5.09 Å². The number of ketones is 1. The van der Waals surface area contributed by atoms with Crippen LogP contribution in [0.5, 0.6) is 0 Å². The minimum absolute atomic E-state index is 0.146. The summed E-state index contributed by atoms with van der Waals surface area (Å²) in [7, 11) is 2.32. The number of Topliss-reactive ketones (excluding diaryl/α,β-unsaturated/α-hetero) is 1. The molecule has 1 unspecified atom stereocenters. The van der Waals surface area contributed by atoms with E-state index in [4.69, 9.17) is 0 Å². The van der Waals surface area contributed by atoms with E-state index in [1.807, 2.05) is 13.8 Å². The van der Waals surface area contributed by atoms with Crippen LogP contribution >= 0.6 is 9.39 Å². The molecule has 3 heteroatoms. The smallest absolute Gasteiger partial charge is 0.149 e. The van der Waals surface area contributed by atoms with Crippen molar-refractivity contribution in [3.8, 4) is 0 Å². The predicted molar refractivity (Wildman–Crippen MR) is 37.6 cm³/mol. The normalized spacial score (nSPS) is 11.5. The summed E-state index contributed by atoms with van der Waals surface area (Å²) in [6.45, 7) is 5.24. The first-order valence-electron chi connectivity index (χ1n) is 2.49. The van der Waals surface area contributed by atoms with Crippen LogP contribution in [-0.4, -0.2) is 11.3 Å². The minimum Gasteiger partial charge on any atom is -0.298 e. The quantitative estimate of drug-likeness (QED) is 0.563. The van der Waals surface area contributed by atoms with Crippen molar-refractivity contribution in [2.24, 2.45) is 0 Å². The van der Waals surface area contributed by atoms with Gasteiger partial charge in [-0.3, -0.25) is 9.88 Å². The lowest BCUT2D eigenvalue weighted by atomic mass is 10.0. The Morgan fingerprint density at radius 3 is 2.00 bits per heavy atom. The molecule has 0 fully saturated rings. The third-order valence-electron chi connectivity index (χ3n) is 1.24. The van der Waals surface area contributed by atoms with Crippen molar-refractivity contribution in [2.75, 3.05) is 0 Å². The van der Waals surface area contributed by atoms with Crippen LogP contribution in [0, 0.1) is 0 Å². The highest BCUT2D eigenvalue weighted by Gasteiger charge is 2.19. The van der Waals surface area contributed by atoms with Gasteiger partial charge in [0.2, 0.25) is 0 Å². The monoisotopic (exact) mass is 133 g/mol. The molecule has 0 aliphatic carbocycles. The van der Waals surface area contributed by atoms with Crippen LogP contribution in [0.2, 0.25) is 0 Å². The van der Waals surface area contributed by atoms with Gasteiger partial charge in [0.1, 0.15) is 5.78 Å². The predicted octanol–water partition coefficient (Wildman–Crippen LogP) is 0.734. The maximum Gasteiger partial charge on any atom is 0.149 e. The van der Waals surface area contributed by atoms with Gasteiger partial charge in [0.15, 0.2) is 0 Å². The van der Waals surface area contributed by atoms with Crippen LogP contribution in [0.3, 0.4) is 0 Å². The van der Waals surface area contributed by atoms with Crippen LogP contribution in [0.1, 0.15) is 20.8 Å². The van der Waals surface area contributed by atoms with Gasteiger partial charge in [-0.05, 0) is 20.8 Å².